The van der Waals surface area contributed by atoms with Crippen molar-refractivity contribution in [3.05, 3.63) is 29.3 Å². The van der Waals surface area contributed by atoms with Crippen LogP contribution in [0.25, 0.3) is 22.3 Å². The molecule has 42 heavy (non-hydrogen) atoms. The highest BCUT2D eigenvalue weighted by atomic mass is 31.1. The summed E-state index contributed by atoms with van der Waals surface area (Å²) < 4.78 is 61.0. The second-order valence-electron chi connectivity index (χ2n) is 9.38. The zero-order valence-corrected chi connectivity index (χ0v) is 23.8. The minimum absolute atomic E-state index is 0.0233. The summed E-state index contributed by atoms with van der Waals surface area (Å²) >= 11 is 0. The summed E-state index contributed by atoms with van der Waals surface area (Å²) in [5.41, 5.74) is 12.4. The molecule has 2 fully saturated rings. The van der Waals surface area contributed by atoms with E-state index in [0.717, 1.165) is 0 Å². The third-order valence-electron chi connectivity index (χ3n) is 6.80. The fourth-order valence-corrected chi connectivity index (χ4v) is 6.02. The highest BCUT2D eigenvalue weighted by Crippen LogP contribution is 2.40. The molecule has 6 rings (SSSR count). The molecule has 2 aliphatic heterocycles. The van der Waals surface area contributed by atoms with Gasteiger partial charge in [0.1, 0.15) is 49.7 Å². The van der Waals surface area contributed by atoms with Crippen molar-refractivity contribution < 1.29 is 36.7 Å². The molecule has 7 atom stereocenters. The van der Waals surface area contributed by atoms with Crippen LogP contribution >= 0.6 is 16.5 Å². The molecule has 2 unspecified atom stereocenters. The smallest absolute Gasteiger partial charge is 0.382 e. The van der Waals surface area contributed by atoms with Gasteiger partial charge >= 0.3 is 16.5 Å². The number of anilines is 2. The molecule has 0 saturated carbocycles. The summed E-state index contributed by atoms with van der Waals surface area (Å²) in [6, 6.07) is 0. The molecule has 4 aromatic heterocycles. The van der Waals surface area contributed by atoms with E-state index < -0.39 is 52.8 Å². The van der Waals surface area contributed by atoms with Crippen LogP contribution < -0.4 is 17.0 Å². The Labute approximate surface area is 237 Å². The van der Waals surface area contributed by atoms with Gasteiger partial charge in [0.2, 0.25) is 5.95 Å². The Morgan fingerprint density at radius 3 is 2.55 bits per heavy atom. The molecule has 21 heteroatoms. The zero-order chi connectivity index (χ0) is 29.4. The Hall–Kier alpha value is -3.54. The van der Waals surface area contributed by atoms with Crippen LogP contribution in [0.2, 0.25) is 0 Å². The predicted molar refractivity (Wildman–Crippen MR) is 143 cm³/mol. The molecule has 0 radical (unpaired) electrons. The number of aromatic amines is 1. The number of fused-ring (bicyclic) bond motifs is 2. The number of aromatic nitrogens is 8. The number of nitrogens with two attached hydrogens (primary N) is 2. The van der Waals surface area contributed by atoms with E-state index in [0.29, 0.717) is 29.7 Å². The van der Waals surface area contributed by atoms with Crippen LogP contribution in [-0.4, -0.2) is 77.7 Å². The Kier molecular flexibility index (Phi) is 8.15. The Morgan fingerprint density at radius 2 is 1.74 bits per heavy atom. The van der Waals surface area contributed by atoms with Crippen molar-refractivity contribution in [2.24, 2.45) is 0 Å². The highest BCUT2D eigenvalue weighted by Gasteiger charge is 2.46. The Bertz CT molecular complexity index is 1700. The Morgan fingerprint density at radius 1 is 0.976 bits per heavy atom. The van der Waals surface area contributed by atoms with Gasteiger partial charge in [-0.15, -0.1) is 18.1 Å². The fourth-order valence-electron chi connectivity index (χ4n) is 4.85. The van der Waals surface area contributed by atoms with E-state index in [1.54, 1.807) is 9.13 Å². The second-order valence-corrected chi connectivity index (χ2v) is 11.4. The van der Waals surface area contributed by atoms with E-state index in [4.69, 9.17) is 34.5 Å². The molecule has 5 N–H and O–H groups in total. The summed E-state index contributed by atoms with van der Waals surface area (Å²) in [5.74, 6) is 0.181. The first-order chi connectivity index (χ1) is 20.3. The van der Waals surface area contributed by atoms with Gasteiger partial charge in [0.15, 0.2) is 22.6 Å². The standard InChI is InChI=1S/C21H25N10O9P2/c1-35-41(33)37-6-12-11(4-14(39-12)31-8-26-15-17(22)24-7-25-18(15)31)40-42(34)36-5-10-2-3-13(38-10)30-9-27-16-19(30)28-21(23)29-20(16)32/h7-14H,2-6H2,1H3,(H4-,22,23,24,25,28,29,32)/q+1/p+1/t10-,11-,12+,13+,14+/m0/s1. The SMILES string of the molecule is CO[P+](=O)OC[C@H]1O[C@@H](n2cnc3c(N)ncnc32)C[C@@H]1O[P+](=O)OC[C@@H]1CC[C@H](n2cnc3c(=O)[nH]c(N)nc32)O1. The van der Waals surface area contributed by atoms with E-state index >= 15 is 0 Å². The van der Waals surface area contributed by atoms with Crippen molar-refractivity contribution >= 4 is 50.6 Å². The van der Waals surface area contributed by atoms with E-state index in [1.165, 1.54) is 26.1 Å². The maximum atomic E-state index is 12.8. The maximum Gasteiger partial charge on any atom is 0.697 e. The van der Waals surface area contributed by atoms with Gasteiger partial charge in [-0.3, -0.25) is 18.9 Å². The summed E-state index contributed by atoms with van der Waals surface area (Å²) in [4.78, 5) is 35.1. The van der Waals surface area contributed by atoms with Gasteiger partial charge in [0, 0.05) is 15.6 Å². The summed E-state index contributed by atoms with van der Waals surface area (Å²) in [5, 5.41) is 0. The van der Waals surface area contributed by atoms with Crippen molar-refractivity contribution in [2.45, 2.75) is 50.0 Å². The molecule has 2 aliphatic rings. The van der Waals surface area contributed by atoms with E-state index in [2.05, 4.69) is 34.4 Å². The number of ether oxygens (including phenoxy) is 2. The number of hydrogen-bond donors (Lipinski definition) is 3. The minimum atomic E-state index is -2.61. The number of nitrogens with zero attached hydrogens (tertiary/aromatic N) is 7. The average molecular weight is 624 g/mol. The fraction of sp³-hybridized carbons (Fsp3) is 0.524. The lowest BCUT2D eigenvalue weighted by Crippen LogP contribution is -2.27. The van der Waals surface area contributed by atoms with E-state index in [9.17, 15) is 13.9 Å². The number of nitrogens with one attached hydrogen (secondary N) is 1. The average Bonchev–Trinajstić information content (AvgIpc) is 3.76. The maximum absolute atomic E-state index is 12.8. The number of imidazole rings is 2. The van der Waals surface area contributed by atoms with Crippen LogP contribution in [-0.2, 0) is 36.7 Å². The lowest BCUT2D eigenvalue weighted by Gasteiger charge is -2.14. The molecule has 222 valence electrons. The summed E-state index contributed by atoms with van der Waals surface area (Å²) in [6.45, 7) is -0.185. The number of nitrogen functional groups attached to an aromatic ring is 2. The van der Waals surface area contributed by atoms with Gasteiger partial charge in [-0.1, -0.05) is 0 Å². The lowest BCUT2D eigenvalue weighted by molar-refractivity contribution is -0.0384. The van der Waals surface area contributed by atoms with Crippen LogP contribution in [0.4, 0.5) is 11.8 Å². The highest BCUT2D eigenvalue weighted by molar-refractivity contribution is 7.33. The van der Waals surface area contributed by atoms with Gasteiger partial charge in [-0.25, -0.2) is 19.9 Å². The third kappa shape index (κ3) is 5.73. The molecule has 4 aromatic rings. The first-order valence-electron chi connectivity index (χ1n) is 12.7. The molecular formula is C21H26N10O9P2+2. The van der Waals surface area contributed by atoms with Crippen LogP contribution in [0, 0.1) is 0 Å². The monoisotopic (exact) mass is 624 g/mol. The van der Waals surface area contributed by atoms with Gasteiger partial charge < -0.3 is 20.9 Å². The zero-order valence-electron chi connectivity index (χ0n) is 22.0. The van der Waals surface area contributed by atoms with Gasteiger partial charge in [-0.2, -0.15) is 4.98 Å². The number of hydrogen-bond acceptors (Lipinski definition) is 16. The summed E-state index contributed by atoms with van der Waals surface area (Å²) in [6.07, 6.45) is 2.62. The van der Waals surface area contributed by atoms with Gasteiger partial charge in [0.25, 0.3) is 5.56 Å². The van der Waals surface area contributed by atoms with Crippen LogP contribution in [0.5, 0.6) is 0 Å². The first-order valence-corrected chi connectivity index (χ1v) is 14.9. The molecule has 0 bridgehead atoms. The van der Waals surface area contributed by atoms with Crippen molar-refractivity contribution in [1.82, 2.24) is 39.0 Å². The van der Waals surface area contributed by atoms with Crippen molar-refractivity contribution in [3.8, 4) is 0 Å². The predicted octanol–water partition coefficient (Wildman–Crippen LogP) is 1.47. The number of rotatable bonds is 11. The first kappa shape index (κ1) is 28.6. The quantitative estimate of drug-likeness (QED) is 0.200. The van der Waals surface area contributed by atoms with Crippen molar-refractivity contribution in [1.29, 1.82) is 0 Å². The van der Waals surface area contributed by atoms with Crippen LogP contribution in [0.1, 0.15) is 31.7 Å². The molecule has 0 spiro atoms. The molecule has 19 nitrogen and oxygen atoms in total. The van der Waals surface area contributed by atoms with Crippen molar-refractivity contribution in [3.63, 3.8) is 0 Å². The van der Waals surface area contributed by atoms with E-state index in [-0.39, 0.29) is 36.9 Å². The number of H-pyrrole nitrogens is 1. The van der Waals surface area contributed by atoms with Crippen molar-refractivity contribution in [2.75, 3.05) is 31.8 Å². The lowest BCUT2D eigenvalue weighted by atomic mass is 10.2. The molecule has 2 saturated heterocycles. The molecule has 0 amide bonds. The van der Waals surface area contributed by atoms with E-state index in [1.807, 2.05) is 0 Å². The normalized spacial score (nSPS) is 25.0. The second kappa shape index (κ2) is 12.0. The topological polar surface area (TPSA) is 249 Å². The minimum Gasteiger partial charge on any atom is -0.382 e. The van der Waals surface area contributed by atoms with Gasteiger partial charge in [0.05, 0.1) is 25.9 Å². The molecule has 0 aliphatic carbocycles. The van der Waals surface area contributed by atoms with Crippen LogP contribution in [0.3, 0.4) is 0 Å². The summed E-state index contributed by atoms with van der Waals surface area (Å²) in [7, 11) is -3.74. The molecular weight excluding hydrogens is 598 g/mol. The Balaban J connectivity index is 1.08. The molecule has 6 heterocycles. The third-order valence-corrected chi connectivity index (χ3v) is 8.27. The largest absolute Gasteiger partial charge is 0.697 e. The van der Waals surface area contributed by atoms with Gasteiger partial charge in [-0.05, 0) is 12.8 Å². The molecule has 0 aromatic carbocycles. The van der Waals surface area contributed by atoms with Crippen LogP contribution in [0.15, 0.2) is 23.8 Å².